The Bertz CT molecular complexity index is 1260. The lowest BCUT2D eigenvalue weighted by Crippen LogP contribution is -2.44. The molecule has 5 N–H and O–H groups in total. The lowest BCUT2D eigenvalue weighted by molar-refractivity contribution is -0.123. The highest BCUT2D eigenvalue weighted by Crippen LogP contribution is 2.30. The van der Waals surface area contributed by atoms with E-state index in [0.29, 0.717) is 50.6 Å². The van der Waals surface area contributed by atoms with Crippen LogP contribution in [0.3, 0.4) is 0 Å². The van der Waals surface area contributed by atoms with Crippen LogP contribution in [0.15, 0.2) is 18.2 Å². The molecule has 1 atom stereocenters. The number of ketones is 1. The van der Waals surface area contributed by atoms with Gasteiger partial charge >= 0.3 is 0 Å². The highest BCUT2D eigenvalue weighted by Gasteiger charge is 2.30. The van der Waals surface area contributed by atoms with Gasteiger partial charge in [0.2, 0.25) is 21.7 Å². The SMILES string of the molecule is NC(=O)C1CCCN(CCCS(=O)(=O)N2CCC(Nc3nc(N)c(C(=O)c4c(F)cccc4F)s3)CC2)C1. The molecule has 208 valence electrons. The Kier molecular flexibility index (Phi) is 8.96. The van der Waals surface area contributed by atoms with E-state index in [1.807, 2.05) is 0 Å². The van der Waals surface area contributed by atoms with E-state index in [4.69, 9.17) is 11.5 Å². The fourth-order valence-corrected chi connectivity index (χ4v) is 7.36. The lowest BCUT2D eigenvalue weighted by Gasteiger charge is -2.33. The third kappa shape index (κ3) is 6.65. The molecule has 1 aromatic heterocycles. The predicted octanol–water partition coefficient (Wildman–Crippen LogP) is 2.03. The lowest BCUT2D eigenvalue weighted by atomic mass is 9.97. The number of aromatic nitrogens is 1. The van der Waals surface area contributed by atoms with Crippen molar-refractivity contribution in [3.05, 3.63) is 40.3 Å². The number of primary amides is 1. The van der Waals surface area contributed by atoms with Crippen LogP contribution >= 0.6 is 11.3 Å². The van der Waals surface area contributed by atoms with E-state index >= 15 is 0 Å². The molecule has 10 nitrogen and oxygen atoms in total. The second kappa shape index (κ2) is 12.0. The number of amides is 1. The zero-order valence-electron chi connectivity index (χ0n) is 20.9. The van der Waals surface area contributed by atoms with Crippen LogP contribution in [-0.4, -0.2) is 78.8 Å². The fourth-order valence-electron chi connectivity index (χ4n) is 4.93. The van der Waals surface area contributed by atoms with Gasteiger partial charge in [0.05, 0.1) is 17.2 Å². The molecule has 0 aliphatic carbocycles. The first-order valence-corrected chi connectivity index (χ1v) is 15.0. The Hall–Kier alpha value is -2.68. The Morgan fingerprint density at radius 3 is 2.47 bits per heavy atom. The van der Waals surface area contributed by atoms with E-state index in [0.717, 1.165) is 42.9 Å². The van der Waals surface area contributed by atoms with Gasteiger partial charge in [-0.1, -0.05) is 17.4 Å². The molecule has 2 saturated heterocycles. The Balaban J connectivity index is 1.27. The first-order valence-electron chi connectivity index (χ1n) is 12.6. The van der Waals surface area contributed by atoms with Gasteiger partial charge < -0.3 is 21.7 Å². The molecule has 1 aromatic carbocycles. The number of nitrogens with zero attached hydrogens (tertiary/aromatic N) is 3. The van der Waals surface area contributed by atoms with E-state index in [2.05, 4.69) is 15.2 Å². The summed E-state index contributed by atoms with van der Waals surface area (Å²) in [5.74, 6) is -3.39. The summed E-state index contributed by atoms with van der Waals surface area (Å²) in [5.41, 5.74) is 10.6. The maximum Gasteiger partial charge on any atom is 0.221 e. The van der Waals surface area contributed by atoms with Crippen LogP contribution in [0.1, 0.15) is 47.3 Å². The van der Waals surface area contributed by atoms with Gasteiger partial charge in [0, 0.05) is 25.7 Å². The molecule has 2 aliphatic rings. The summed E-state index contributed by atoms with van der Waals surface area (Å²) in [6.07, 6.45) is 3.18. The number of nitrogens with two attached hydrogens (primary N) is 2. The summed E-state index contributed by atoms with van der Waals surface area (Å²) in [6.45, 7) is 2.69. The van der Waals surface area contributed by atoms with Gasteiger partial charge in [-0.05, 0) is 57.3 Å². The van der Waals surface area contributed by atoms with Crippen molar-refractivity contribution < 1.29 is 26.8 Å². The quantitative estimate of drug-likeness (QED) is 0.367. The van der Waals surface area contributed by atoms with Crippen molar-refractivity contribution in [1.82, 2.24) is 14.2 Å². The summed E-state index contributed by atoms with van der Waals surface area (Å²) in [4.78, 5) is 30.3. The van der Waals surface area contributed by atoms with Crippen molar-refractivity contribution in [3.8, 4) is 0 Å². The molecule has 0 radical (unpaired) electrons. The first-order chi connectivity index (χ1) is 18.0. The summed E-state index contributed by atoms with van der Waals surface area (Å²) < 4.78 is 55.3. The van der Waals surface area contributed by atoms with Crippen molar-refractivity contribution in [1.29, 1.82) is 0 Å². The maximum absolute atomic E-state index is 14.0. The number of halogens is 2. The molecule has 14 heteroatoms. The van der Waals surface area contributed by atoms with Crippen molar-refractivity contribution in [2.24, 2.45) is 11.7 Å². The highest BCUT2D eigenvalue weighted by atomic mass is 32.2. The van der Waals surface area contributed by atoms with E-state index in [9.17, 15) is 26.8 Å². The van der Waals surface area contributed by atoms with Crippen molar-refractivity contribution in [2.75, 3.05) is 49.5 Å². The maximum atomic E-state index is 14.0. The molecule has 0 saturated carbocycles. The third-order valence-electron chi connectivity index (χ3n) is 7.01. The number of benzene rings is 1. The van der Waals surface area contributed by atoms with Crippen molar-refractivity contribution in [2.45, 2.75) is 38.1 Å². The second-order valence-electron chi connectivity index (χ2n) is 9.69. The van der Waals surface area contributed by atoms with Crippen LogP contribution in [0.2, 0.25) is 0 Å². The molecular formula is C24H32F2N6O4S2. The van der Waals surface area contributed by atoms with Gasteiger partial charge in [-0.25, -0.2) is 26.5 Å². The molecule has 2 aromatic rings. The standard InChI is InChI=1S/C24H32F2N6O4S2/c25-17-5-1-6-18(26)19(17)20(33)21-22(27)30-24(37-21)29-16-7-11-32(12-8-16)38(35,36)13-3-10-31-9-2-4-15(14-31)23(28)34/h1,5-6,15-16H,2-4,7-14,27H2,(H2,28,34)(H,29,30). The van der Waals surface area contributed by atoms with Gasteiger partial charge in [-0.2, -0.15) is 0 Å². The van der Waals surface area contributed by atoms with Crippen LogP contribution in [0.25, 0.3) is 0 Å². The molecule has 1 amide bonds. The number of carbonyl (C=O) groups excluding carboxylic acids is 2. The van der Waals surface area contributed by atoms with Gasteiger partial charge in [0.1, 0.15) is 22.3 Å². The summed E-state index contributed by atoms with van der Waals surface area (Å²) in [7, 11) is -3.42. The van der Waals surface area contributed by atoms with E-state index < -0.39 is 33.0 Å². The zero-order valence-corrected chi connectivity index (χ0v) is 22.5. The van der Waals surface area contributed by atoms with Crippen LogP contribution < -0.4 is 16.8 Å². The molecule has 4 rings (SSSR count). The number of nitrogen functional groups attached to an aromatic ring is 1. The zero-order chi connectivity index (χ0) is 27.4. The van der Waals surface area contributed by atoms with Gasteiger partial charge in [-0.3, -0.25) is 9.59 Å². The second-order valence-corrected chi connectivity index (χ2v) is 12.8. The number of anilines is 2. The minimum absolute atomic E-state index is 0.0317. The summed E-state index contributed by atoms with van der Waals surface area (Å²) >= 11 is 0.911. The largest absolute Gasteiger partial charge is 0.382 e. The van der Waals surface area contributed by atoms with E-state index in [-0.39, 0.29) is 34.3 Å². The number of hydrogen-bond acceptors (Lipinski definition) is 9. The van der Waals surface area contributed by atoms with Crippen LogP contribution in [0.4, 0.5) is 19.7 Å². The van der Waals surface area contributed by atoms with Crippen LogP contribution in [0.5, 0.6) is 0 Å². The number of sulfonamides is 1. The number of nitrogens with one attached hydrogen (secondary N) is 1. The van der Waals surface area contributed by atoms with Gasteiger partial charge in [0.25, 0.3) is 0 Å². The topological polar surface area (TPSA) is 152 Å². The minimum Gasteiger partial charge on any atom is -0.382 e. The monoisotopic (exact) mass is 570 g/mol. The number of rotatable bonds is 10. The molecule has 38 heavy (non-hydrogen) atoms. The fraction of sp³-hybridized carbons (Fsp3) is 0.542. The molecule has 0 bridgehead atoms. The normalized spacial score (nSPS) is 19.9. The number of thiazole rings is 1. The third-order valence-corrected chi connectivity index (χ3v) is 9.97. The Labute approximate surface area is 224 Å². The van der Waals surface area contributed by atoms with E-state index in [1.165, 1.54) is 10.4 Å². The van der Waals surface area contributed by atoms with Crippen LogP contribution in [-0.2, 0) is 14.8 Å². The molecule has 3 heterocycles. The molecule has 2 aliphatic heterocycles. The molecule has 0 spiro atoms. The number of carbonyl (C=O) groups is 2. The Morgan fingerprint density at radius 1 is 1.13 bits per heavy atom. The van der Waals surface area contributed by atoms with Crippen LogP contribution in [0, 0.1) is 17.6 Å². The summed E-state index contributed by atoms with van der Waals surface area (Å²) in [5, 5.41) is 3.50. The number of hydrogen-bond donors (Lipinski definition) is 3. The average Bonchev–Trinajstić information content (AvgIpc) is 3.24. The average molecular weight is 571 g/mol. The molecule has 1 unspecified atom stereocenters. The smallest absolute Gasteiger partial charge is 0.221 e. The van der Waals surface area contributed by atoms with E-state index in [1.54, 1.807) is 0 Å². The van der Waals surface area contributed by atoms with Crippen molar-refractivity contribution in [3.63, 3.8) is 0 Å². The minimum atomic E-state index is -3.42. The van der Waals surface area contributed by atoms with Gasteiger partial charge in [0.15, 0.2) is 5.13 Å². The Morgan fingerprint density at radius 2 is 1.82 bits per heavy atom. The van der Waals surface area contributed by atoms with Crippen molar-refractivity contribution >= 4 is 44.0 Å². The van der Waals surface area contributed by atoms with Gasteiger partial charge in [-0.15, -0.1) is 0 Å². The highest BCUT2D eigenvalue weighted by molar-refractivity contribution is 7.89. The molecule has 2 fully saturated rings. The number of piperidine rings is 2. The predicted molar refractivity (Wildman–Crippen MR) is 141 cm³/mol. The summed E-state index contributed by atoms with van der Waals surface area (Å²) in [6, 6.07) is 3.08. The number of likely N-dealkylation sites (tertiary alicyclic amines) is 1. The first kappa shape index (κ1) is 28.3. The molecular weight excluding hydrogens is 538 g/mol.